The van der Waals surface area contributed by atoms with Crippen LogP contribution in [0, 0.1) is 11.7 Å². The third kappa shape index (κ3) is 3.52. The van der Waals surface area contributed by atoms with Crippen molar-refractivity contribution in [3.63, 3.8) is 0 Å². The van der Waals surface area contributed by atoms with Gasteiger partial charge in [0.15, 0.2) is 5.78 Å². The second-order valence-electron chi connectivity index (χ2n) is 3.93. The number of carbonyl (C=O) groups excluding carboxylic acids is 1. The van der Waals surface area contributed by atoms with E-state index in [0.717, 1.165) is 0 Å². The molecule has 0 radical (unpaired) electrons. The molecule has 0 aliphatic carbocycles. The molecular weight excluding hydrogens is 223 g/mol. The second-order valence-corrected chi connectivity index (χ2v) is 3.93. The van der Waals surface area contributed by atoms with E-state index in [-0.39, 0.29) is 5.57 Å². The Hall–Kier alpha value is -1.97. The Bertz CT molecular complexity index is 458. The van der Waals surface area contributed by atoms with Gasteiger partial charge in [-0.05, 0) is 23.8 Å². The summed E-state index contributed by atoms with van der Waals surface area (Å²) in [7, 11) is 0. The number of rotatable bonds is 4. The molecule has 0 heterocycles. The zero-order chi connectivity index (χ0) is 13.0. The van der Waals surface area contributed by atoms with Crippen LogP contribution >= 0.6 is 0 Å². The van der Waals surface area contributed by atoms with Crippen LogP contribution in [0.15, 0.2) is 29.8 Å². The highest BCUT2D eigenvalue weighted by Gasteiger charge is 2.19. The van der Waals surface area contributed by atoms with Crippen molar-refractivity contribution in [1.29, 1.82) is 0 Å². The zero-order valence-electron chi connectivity index (χ0n) is 9.61. The van der Waals surface area contributed by atoms with Gasteiger partial charge in [0.2, 0.25) is 0 Å². The minimum atomic E-state index is -1.27. The van der Waals surface area contributed by atoms with Gasteiger partial charge in [0.25, 0.3) is 0 Å². The van der Waals surface area contributed by atoms with Gasteiger partial charge in [-0.3, -0.25) is 4.79 Å². The molecule has 0 aliphatic rings. The fourth-order valence-electron chi connectivity index (χ4n) is 1.27. The first kappa shape index (κ1) is 13.1. The summed E-state index contributed by atoms with van der Waals surface area (Å²) in [6.45, 7) is 3.26. The predicted molar refractivity (Wildman–Crippen MR) is 61.9 cm³/mol. The first-order chi connectivity index (χ1) is 7.91. The lowest BCUT2D eigenvalue weighted by Gasteiger charge is -2.04. The van der Waals surface area contributed by atoms with Crippen LogP contribution < -0.4 is 0 Å². The van der Waals surface area contributed by atoms with Gasteiger partial charge in [-0.15, -0.1) is 0 Å². The maximum atomic E-state index is 12.7. The van der Waals surface area contributed by atoms with Crippen molar-refractivity contribution >= 4 is 17.8 Å². The summed E-state index contributed by atoms with van der Waals surface area (Å²) in [5, 5.41) is 8.95. The smallest absolute Gasteiger partial charge is 0.339 e. The summed E-state index contributed by atoms with van der Waals surface area (Å²) in [6, 6.07) is 5.27. The van der Waals surface area contributed by atoms with Crippen molar-refractivity contribution in [3.8, 4) is 0 Å². The van der Waals surface area contributed by atoms with E-state index in [1.165, 1.54) is 30.3 Å². The van der Waals surface area contributed by atoms with Gasteiger partial charge in [0.1, 0.15) is 11.4 Å². The molecule has 0 aliphatic heterocycles. The average Bonchev–Trinajstić information content (AvgIpc) is 2.26. The molecule has 0 amide bonds. The molecule has 3 nitrogen and oxygen atoms in total. The van der Waals surface area contributed by atoms with Crippen LogP contribution in [0.1, 0.15) is 19.4 Å². The van der Waals surface area contributed by atoms with Crippen LogP contribution in [0.4, 0.5) is 4.39 Å². The number of hydrogen-bond donors (Lipinski definition) is 1. The molecule has 90 valence electrons. The number of benzene rings is 1. The first-order valence-electron chi connectivity index (χ1n) is 5.16. The van der Waals surface area contributed by atoms with Crippen molar-refractivity contribution in [2.75, 3.05) is 0 Å². The predicted octanol–water partition coefficient (Wildman–Crippen LogP) is 2.52. The molecule has 0 unspecified atom stereocenters. The van der Waals surface area contributed by atoms with Crippen molar-refractivity contribution in [2.45, 2.75) is 13.8 Å². The van der Waals surface area contributed by atoms with E-state index in [2.05, 4.69) is 0 Å². The van der Waals surface area contributed by atoms with E-state index >= 15 is 0 Å². The minimum absolute atomic E-state index is 0.286. The molecule has 1 N–H and O–H groups in total. The summed E-state index contributed by atoms with van der Waals surface area (Å²) in [6.07, 6.45) is 1.25. The lowest BCUT2D eigenvalue weighted by molar-refractivity contribution is -0.135. The normalized spacial score (nSPS) is 11.6. The van der Waals surface area contributed by atoms with Crippen molar-refractivity contribution in [2.24, 2.45) is 5.92 Å². The van der Waals surface area contributed by atoms with Crippen molar-refractivity contribution in [1.82, 2.24) is 0 Å². The summed E-state index contributed by atoms with van der Waals surface area (Å²) >= 11 is 0. The number of halogens is 1. The first-order valence-corrected chi connectivity index (χ1v) is 5.16. The Morgan fingerprint density at radius 3 is 2.18 bits per heavy atom. The van der Waals surface area contributed by atoms with Gasteiger partial charge in [-0.1, -0.05) is 26.0 Å². The maximum absolute atomic E-state index is 12.7. The Morgan fingerprint density at radius 1 is 1.24 bits per heavy atom. The monoisotopic (exact) mass is 236 g/mol. The minimum Gasteiger partial charge on any atom is -0.478 e. The molecule has 0 saturated carbocycles. The highest BCUT2D eigenvalue weighted by Crippen LogP contribution is 2.13. The van der Waals surface area contributed by atoms with Crippen LogP contribution in [0.25, 0.3) is 6.08 Å². The largest absolute Gasteiger partial charge is 0.478 e. The summed E-state index contributed by atoms with van der Waals surface area (Å²) in [5.74, 6) is -2.51. The standard InChI is InChI=1S/C13H13FO3/c1-8(2)12(15)11(13(16)17)7-9-3-5-10(14)6-4-9/h3-8H,1-2H3,(H,16,17)/b11-7+. The summed E-state index contributed by atoms with van der Waals surface area (Å²) in [5.41, 5.74) is 0.199. The van der Waals surface area contributed by atoms with Crippen LogP contribution in [-0.2, 0) is 9.59 Å². The fraction of sp³-hybridized carbons (Fsp3) is 0.231. The molecule has 0 saturated heterocycles. The van der Waals surface area contributed by atoms with Crippen LogP contribution in [-0.4, -0.2) is 16.9 Å². The van der Waals surface area contributed by atoms with E-state index in [0.29, 0.717) is 5.56 Å². The second kappa shape index (κ2) is 5.39. The van der Waals surface area contributed by atoms with Gasteiger partial charge in [0, 0.05) is 5.92 Å². The number of hydrogen-bond acceptors (Lipinski definition) is 2. The van der Waals surface area contributed by atoms with Gasteiger partial charge >= 0.3 is 5.97 Å². The average molecular weight is 236 g/mol. The Labute approximate surface area is 98.6 Å². The quantitative estimate of drug-likeness (QED) is 0.496. The molecule has 1 aromatic carbocycles. The number of carboxylic acid groups (broad SMARTS) is 1. The van der Waals surface area contributed by atoms with E-state index in [4.69, 9.17) is 5.11 Å². The van der Waals surface area contributed by atoms with Crippen LogP contribution in [0.3, 0.4) is 0 Å². The molecule has 0 bridgehead atoms. The number of ketones is 1. The lowest BCUT2D eigenvalue weighted by atomic mass is 9.99. The molecule has 1 rings (SSSR count). The number of carboxylic acids is 1. The van der Waals surface area contributed by atoms with Crippen molar-refractivity contribution < 1.29 is 19.1 Å². The maximum Gasteiger partial charge on any atom is 0.339 e. The van der Waals surface area contributed by atoms with Crippen LogP contribution in [0.2, 0.25) is 0 Å². The molecule has 17 heavy (non-hydrogen) atoms. The molecule has 1 aromatic rings. The van der Waals surface area contributed by atoms with Gasteiger partial charge in [0.05, 0.1) is 0 Å². The van der Waals surface area contributed by atoms with E-state index in [1.54, 1.807) is 13.8 Å². The molecule has 0 atom stereocenters. The topological polar surface area (TPSA) is 54.4 Å². The number of Topliss-reactive ketones (excluding diaryl/α,β-unsaturated/α-hetero) is 1. The molecule has 0 aromatic heterocycles. The molecule has 4 heteroatoms. The Kier molecular flexibility index (Phi) is 4.15. The molecular formula is C13H13FO3. The Balaban J connectivity index is 3.11. The fourth-order valence-corrected chi connectivity index (χ4v) is 1.27. The third-order valence-corrected chi connectivity index (χ3v) is 2.20. The van der Waals surface area contributed by atoms with E-state index < -0.39 is 23.5 Å². The zero-order valence-corrected chi connectivity index (χ0v) is 9.61. The lowest BCUT2D eigenvalue weighted by Crippen LogP contribution is -2.17. The van der Waals surface area contributed by atoms with Gasteiger partial charge < -0.3 is 5.11 Å². The highest BCUT2D eigenvalue weighted by molar-refractivity contribution is 6.20. The number of aliphatic carboxylic acids is 1. The van der Waals surface area contributed by atoms with Crippen LogP contribution in [0.5, 0.6) is 0 Å². The summed E-state index contributed by atoms with van der Waals surface area (Å²) in [4.78, 5) is 22.6. The van der Waals surface area contributed by atoms with Gasteiger partial charge in [-0.25, -0.2) is 9.18 Å². The summed E-state index contributed by atoms with van der Waals surface area (Å²) < 4.78 is 12.7. The molecule has 0 fully saturated rings. The van der Waals surface area contributed by atoms with Crippen molar-refractivity contribution in [3.05, 3.63) is 41.2 Å². The highest BCUT2D eigenvalue weighted by atomic mass is 19.1. The van der Waals surface area contributed by atoms with Gasteiger partial charge in [-0.2, -0.15) is 0 Å². The Morgan fingerprint density at radius 2 is 1.76 bits per heavy atom. The SMILES string of the molecule is CC(C)C(=O)/C(=C\c1ccc(F)cc1)C(=O)O. The number of carbonyl (C=O) groups is 2. The van der Waals surface area contributed by atoms with E-state index in [9.17, 15) is 14.0 Å². The third-order valence-electron chi connectivity index (χ3n) is 2.20. The molecule has 0 spiro atoms. The van der Waals surface area contributed by atoms with E-state index in [1.807, 2.05) is 0 Å².